The zero-order chi connectivity index (χ0) is 31.3. The molecule has 48 heavy (non-hydrogen) atoms. The molecule has 4 heterocycles. The third-order valence-corrected chi connectivity index (χ3v) is 10.1. The Morgan fingerprint density at radius 3 is 1.98 bits per heavy atom. The highest BCUT2D eigenvalue weighted by atomic mass is 15.1. The summed E-state index contributed by atoms with van der Waals surface area (Å²) in [4.78, 5) is 10.1. The fraction of sp³-hybridized carbons (Fsp3) is 0. The van der Waals surface area contributed by atoms with Crippen LogP contribution in [0, 0.1) is 0 Å². The van der Waals surface area contributed by atoms with Crippen molar-refractivity contribution in [1.82, 2.24) is 19.1 Å². The smallest absolute Gasteiger partial charge is 0.138 e. The van der Waals surface area contributed by atoms with Gasteiger partial charge in [-0.05, 0) is 77.2 Å². The highest BCUT2D eigenvalue weighted by Crippen LogP contribution is 2.46. The maximum absolute atomic E-state index is 5.35. The quantitative estimate of drug-likeness (QED) is 0.199. The van der Waals surface area contributed by atoms with Gasteiger partial charge in [-0.3, -0.25) is 9.55 Å². The lowest BCUT2D eigenvalue weighted by molar-refractivity contribution is 1.09. The molecular formula is C44H26N4. The number of fused-ring (bicyclic) bond motifs is 9. The average Bonchev–Trinajstić information content (AvgIpc) is 3.78. The van der Waals surface area contributed by atoms with Gasteiger partial charge in [0.05, 0.1) is 33.5 Å². The van der Waals surface area contributed by atoms with E-state index in [0.29, 0.717) is 0 Å². The van der Waals surface area contributed by atoms with Crippen molar-refractivity contribution in [3.63, 3.8) is 0 Å². The Balaban J connectivity index is 1.14. The fourth-order valence-electron chi connectivity index (χ4n) is 8.02. The summed E-state index contributed by atoms with van der Waals surface area (Å²) in [6.45, 7) is 0. The van der Waals surface area contributed by atoms with Crippen LogP contribution in [0.3, 0.4) is 0 Å². The molecule has 6 aromatic carbocycles. The summed E-state index contributed by atoms with van der Waals surface area (Å²) in [6.07, 6.45) is 1.87. The van der Waals surface area contributed by atoms with E-state index in [0.717, 1.165) is 45.1 Å². The van der Waals surface area contributed by atoms with Crippen LogP contribution in [0.15, 0.2) is 158 Å². The second-order valence-corrected chi connectivity index (χ2v) is 12.6. The van der Waals surface area contributed by atoms with Gasteiger partial charge in [0, 0.05) is 49.9 Å². The van der Waals surface area contributed by atoms with Gasteiger partial charge >= 0.3 is 0 Å². The van der Waals surface area contributed by atoms with Crippen molar-refractivity contribution in [2.75, 3.05) is 0 Å². The number of para-hydroxylation sites is 3. The minimum Gasteiger partial charge on any atom is -0.309 e. The predicted molar refractivity (Wildman–Crippen MR) is 198 cm³/mol. The van der Waals surface area contributed by atoms with E-state index in [2.05, 4.69) is 155 Å². The van der Waals surface area contributed by atoms with E-state index in [1.807, 2.05) is 12.3 Å². The number of benzene rings is 6. The molecule has 4 aromatic heterocycles. The van der Waals surface area contributed by atoms with E-state index in [1.165, 1.54) is 54.5 Å². The van der Waals surface area contributed by atoms with Crippen molar-refractivity contribution in [3.8, 4) is 45.1 Å². The number of hydrogen-bond acceptors (Lipinski definition) is 2. The molecule has 0 radical (unpaired) electrons. The van der Waals surface area contributed by atoms with Crippen molar-refractivity contribution >= 4 is 54.4 Å². The molecule has 0 saturated carbocycles. The monoisotopic (exact) mass is 610 g/mol. The summed E-state index contributed by atoms with van der Waals surface area (Å²) in [6, 6.07) is 54.6. The van der Waals surface area contributed by atoms with E-state index in [-0.39, 0.29) is 0 Å². The fourth-order valence-corrected chi connectivity index (χ4v) is 8.02. The third kappa shape index (κ3) is 3.43. The molecule has 0 spiro atoms. The molecule has 4 heteroatoms. The molecule has 0 amide bonds. The Labute approximate surface area is 275 Å². The summed E-state index contributed by atoms with van der Waals surface area (Å²) in [5.41, 5.74) is 12.5. The van der Waals surface area contributed by atoms with Gasteiger partial charge in [-0.15, -0.1) is 0 Å². The summed E-state index contributed by atoms with van der Waals surface area (Å²) < 4.78 is 4.70. The van der Waals surface area contributed by atoms with E-state index in [4.69, 9.17) is 9.97 Å². The lowest BCUT2D eigenvalue weighted by Crippen LogP contribution is -1.99. The Morgan fingerprint density at radius 2 is 1.10 bits per heavy atom. The van der Waals surface area contributed by atoms with Gasteiger partial charge in [0.25, 0.3) is 0 Å². The van der Waals surface area contributed by atoms with Gasteiger partial charge in [-0.2, -0.15) is 0 Å². The molecule has 0 saturated heterocycles. The van der Waals surface area contributed by atoms with Crippen molar-refractivity contribution < 1.29 is 0 Å². The molecule has 0 N–H and O–H groups in total. The van der Waals surface area contributed by atoms with Crippen LogP contribution in [0.25, 0.3) is 99.5 Å². The maximum Gasteiger partial charge on any atom is 0.138 e. The van der Waals surface area contributed by atoms with Crippen LogP contribution in [-0.2, 0) is 0 Å². The molecule has 0 fully saturated rings. The molecule has 0 unspecified atom stereocenters. The van der Waals surface area contributed by atoms with E-state index < -0.39 is 0 Å². The van der Waals surface area contributed by atoms with Gasteiger partial charge in [0.1, 0.15) is 5.82 Å². The Bertz CT molecular complexity index is 2950. The van der Waals surface area contributed by atoms with E-state index in [9.17, 15) is 0 Å². The molecule has 222 valence electrons. The van der Waals surface area contributed by atoms with Crippen LogP contribution in [0.1, 0.15) is 0 Å². The Kier molecular flexibility index (Phi) is 5.08. The van der Waals surface area contributed by atoms with Crippen LogP contribution in [0.2, 0.25) is 0 Å². The Hall–Kier alpha value is -6.52. The molecule has 0 aliphatic heterocycles. The number of rotatable bonds is 3. The van der Waals surface area contributed by atoms with Gasteiger partial charge in [-0.1, -0.05) is 91.0 Å². The van der Waals surface area contributed by atoms with Gasteiger partial charge in [0.2, 0.25) is 0 Å². The number of nitrogens with zero attached hydrogens (tertiary/aromatic N) is 4. The number of aromatic nitrogens is 4. The third-order valence-electron chi connectivity index (χ3n) is 10.1. The van der Waals surface area contributed by atoms with Gasteiger partial charge < -0.3 is 4.57 Å². The van der Waals surface area contributed by atoms with Crippen LogP contribution >= 0.6 is 0 Å². The largest absolute Gasteiger partial charge is 0.309 e. The van der Waals surface area contributed by atoms with Crippen LogP contribution in [-0.4, -0.2) is 19.1 Å². The second kappa shape index (κ2) is 9.50. The van der Waals surface area contributed by atoms with Crippen molar-refractivity contribution in [3.05, 3.63) is 158 Å². The standard InChI is InChI=1S/C44H26N4/c1-2-11-30(12-3-1)47-37-17-6-4-13-31(37)33-21-19-28(25-40(33)47)27-20-22-39-36(24-27)32-14-5-7-18-38(32)48(39)41-26-29-10-8-15-34-42(29)44(46-41)35-16-9-23-45-43(34)35/h1-26H. The summed E-state index contributed by atoms with van der Waals surface area (Å²) in [5.74, 6) is 0.916. The zero-order valence-corrected chi connectivity index (χ0v) is 25.8. The van der Waals surface area contributed by atoms with Crippen molar-refractivity contribution in [2.24, 2.45) is 0 Å². The number of hydrogen-bond donors (Lipinski definition) is 0. The first-order chi connectivity index (χ1) is 23.8. The lowest BCUT2D eigenvalue weighted by atomic mass is 10.0. The van der Waals surface area contributed by atoms with Crippen LogP contribution in [0.4, 0.5) is 0 Å². The lowest BCUT2D eigenvalue weighted by Gasteiger charge is -2.11. The molecule has 0 atom stereocenters. The molecule has 1 aliphatic carbocycles. The van der Waals surface area contributed by atoms with Crippen molar-refractivity contribution in [2.45, 2.75) is 0 Å². The minimum absolute atomic E-state index is 0.916. The highest BCUT2D eigenvalue weighted by molar-refractivity contribution is 6.15. The van der Waals surface area contributed by atoms with Crippen LogP contribution in [0.5, 0.6) is 0 Å². The molecule has 4 nitrogen and oxygen atoms in total. The molecule has 10 aromatic rings. The summed E-state index contributed by atoms with van der Waals surface area (Å²) in [5, 5.41) is 7.30. The molecular weight excluding hydrogens is 585 g/mol. The molecule has 0 bridgehead atoms. The van der Waals surface area contributed by atoms with Crippen molar-refractivity contribution in [1.29, 1.82) is 0 Å². The predicted octanol–water partition coefficient (Wildman–Crippen LogP) is 11.1. The number of pyridine rings is 2. The first-order valence-electron chi connectivity index (χ1n) is 16.3. The highest BCUT2D eigenvalue weighted by Gasteiger charge is 2.25. The first kappa shape index (κ1) is 25.6. The normalized spacial score (nSPS) is 12.2. The first-order valence-corrected chi connectivity index (χ1v) is 16.3. The molecule has 11 rings (SSSR count). The summed E-state index contributed by atoms with van der Waals surface area (Å²) in [7, 11) is 0. The molecule has 1 aliphatic rings. The van der Waals surface area contributed by atoms with E-state index >= 15 is 0 Å². The Morgan fingerprint density at radius 1 is 0.417 bits per heavy atom. The van der Waals surface area contributed by atoms with E-state index in [1.54, 1.807) is 0 Å². The van der Waals surface area contributed by atoms with Gasteiger partial charge in [-0.25, -0.2) is 4.98 Å². The second-order valence-electron chi connectivity index (χ2n) is 12.6. The van der Waals surface area contributed by atoms with Crippen LogP contribution < -0.4 is 0 Å². The van der Waals surface area contributed by atoms with Gasteiger partial charge in [0.15, 0.2) is 0 Å². The maximum atomic E-state index is 5.35. The minimum atomic E-state index is 0.916. The SMILES string of the molecule is c1ccc(-n2c3ccccc3c3ccc(-c4ccc5c(c4)c4ccccc4n5-c4cc5cccc6c5c(n4)-c4cccnc4-6)cc32)cc1. The average molecular weight is 611 g/mol. The topological polar surface area (TPSA) is 35.6 Å². The zero-order valence-electron chi connectivity index (χ0n) is 25.8. The summed E-state index contributed by atoms with van der Waals surface area (Å²) >= 11 is 0.